The SMILES string of the molecule is O=C(O)CC(c1ccc(O)cc1F)C1CC1. The molecule has 0 spiro atoms. The van der Waals surface area contributed by atoms with E-state index in [2.05, 4.69) is 0 Å². The summed E-state index contributed by atoms with van der Waals surface area (Å²) in [5.74, 6) is -1.55. The molecule has 0 saturated heterocycles. The lowest BCUT2D eigenvalue weighted by atomic mass is 9.90. The zero-order valence-corrected chi connectivity index (χ0v) is 8.69. The molecule has 0 aromatic heterocycles. The number of carboxylic acid groups (broad SMARTS) is 1. The number of aliphatic carboxylic acids is 1. The van der Waals surface area contributed by atoms with Crippen molar-refractivity contribution in [3.63, 3.8) is 0 Å². The Morgan fingerprint density at radius 2 is 2.19 bits per heavy atom. The first-order valence-corrected chi connectivity index (χ1v) is 5.28. The number of carboxylic acids is 1. The number of hydrogen-bond acceptors (Lipinski definition) is 2. The monoisotopic (exact) mass is 224 g/mol. The second kappa shape index (κ2) is 4.12. The number of benzene rings is 1. The van der Waals surface area contributed by atoms with Crippen molar-refractivity contribution < 1.29 is 19.4 Å². The summed E-state index contributed by atoms with van der Waals surface area (Å²) in [5, 5.41) is 17.9. The Bertz CT molecular complexity index is 413. The number of halogens is 1. The van der Waals surface area contributed by atoms with Crippen LogP contribution in [0.3, 0.4) is 0 Å². The van der Waals surface area contributed by atoms with Gasteiger partial charge in [0.15, 0.2) is 0 Å². The first kappa shape index (κ1) is 10.9. The molecule has 1 aromatic carbocycles. The molecule has 1 saturated carbocycles. The molecule has 1 aromatic rings. The van der Waals surface area contributed by atoms with Gasteiger partial charge in [0.1, 0.15) is 11.6 Å². The van der Waals surface area contributed by atoms with Crippen molar-refractivity contribution in [2.45, 2.75) is 25.2 Å². The van der Waals surface area contributed by atoms with Gasteiger partial charge in [-0.3, -0.25) is 4.79 Å². The zero-order valence-electron chi connectivity index (χ0n) is 8.69. The summed E-state index contributed by atoms with van der Waals surface area (Å²) in [4.78, 5) is 10.7. The molecule has 0 radical (unpaired) electrons. The minimum Gasteiger partial charge on any atom is -0.508 e. The first-order valence-electron chi connectivity index (χ1n) is 5.28. The van der Waals surface area contributed by atoms with E-state index >= 15 is 0 Å². The number of carbonyl (C=O) groups is 1. The van der Waals surface area contributed by atoms with Gasteiger partial charge in [-0.05, 0) is 30.4 Å². The summed E-state index contributed by atoms with van der Waals surface area (Å²) in [6.07, 6.45) is 1.86. The highest BCUT2D eigenvalue weighted by Gasteiger charge is 2.35. The third-order valence-corrected chi connectivity index (χ3v) is 2.97. The van der Waals surface area contributed by atoms with Gasteiger partial charge < -0.3 is 10.2 Å². The number of phenols is 1. The molecule has 0 heterocycles. The van der Waals surface area contributed by atoms with Gasteiger partial charge in [-0.2, -0.15) is 0 Å². The fourth-order valence-corrected chi connectivity index (χ4v) is 2.03. The van der Waals surface area contributed by atoms with Crippen molar-refractivity contribution in [3.05, 3.63) is 29.6 Å². The molecule has 0 bridgehead atoms. The standard InChI is InChI=1S/C12H13FO3/c13-11-5-8(14)3-4-9(11)10(6-12(15)16)7-1-2-7/h3-5,7,10,14H,1-2,6H2,(H,15,16). The Balaban J connectivity index is 2.27. The lowest BCUT2D eigenvalue weighted by Gasteiger charge is -2.15. The molecule has 1 unspecified atom stereocenters. The third kappa shape index (κ3) is 2.32. The van der Waals surface area contributed by atoms with Crippen molar-refractivity contribution in [1.82, 2.24) is 0 Å². The van der Waals surface area contributed by atoms with Crippen molar-refractivity contribution in [1.29, 1.82) is 0 Å². The number of hydrogen-bond donors (Lipinski definition) is 2. The van der Waals surface area contributed by atoms with E-state index in [-0.39, 0.29) is 24.0 Å². The molecule has 1 fully saturated rings. The Morgan fingerprint density at radius 3 is 2.69 bits per heavy atom. The smallest absolute Gasteiger partial charge is 0.303 e. The van der Waals surface area contributed by atoms with E-state index in [0.717, 1.165) is 18.9 Å². The molecular formula is C12H13FO3. The van der Waals surface area contributed by atoms with Crippen LogP contribution in [0.15, 0.2) is 18.2 Å². The van der Waals surface area contributed by atoms with Crippen LogP contribution >= 0.6 is 0 Å². The van der Waals surface area contributed by atoms with Crippen LogP contribution < -0.4 is 0 Å². The van der Waals surface area contributed by atoms with E-state index in [9.17, 15) is 9.18 Å². The van der Waals surface area contributed by atoms with Crippen LogP contribution in [-0.4, -0.2) is 16.2 Å². The molecule has 3 nitrogen and oxygen atoms in total. The Hall–Kier alpha value is -1.58. The van der Waals surface area contributed by atoms with E-state index in [4.69, 9.17) is 10.2 Å². The van der Waals surface area contributed by atoms with Crippen LogP contribution in [-0.2, 0) is 4.79 Å². The molecule has 4 heteroatoms. The highest BCUT2D eigenvalue weighted by Crippen LogP contribution is 2.45. The average molecular weight is 224 g/mol. The van der Waals surface area contributed by atoms with Gasteiger partial charge in [-0.15, -0.1) is 0 Å². The van der Waals surface area contributed by atoms with Gasteiger partial charge in [-0.1, -0.05) is 6.07 Å². The minimum atomic E-state index is -0.913. The molecule has 1 aliphatic rings. The van der Waals surface area contributed by atoms with Crippen LogP contribution in [0.25, 0.3) is 0 Å². The van der Waals surface area contributed by atoms with Crippen LogP contribution in [0, 0.1) is 11.7 Å². The summed E-state index contributed by atoms with van der Waals surface area (Å²) in [6.45, 7) is 0. The predicted octanol–water partition coefficient (Wildman–Crippen LogP) is 2.50. The van der Waals surface area contributed by atoms with E-state index < -0.39 is 11.8 Å². The van der Waals surface area contributed by atoms with Crippen molar-refractivity contribution >= 4 is 5.97 Å². The van der Waals surface area contributed by atoms with Crippen LogP contribution in [0.1, 0.15) is 30.7 Å². The second-order valence-corrected chi connectivity index (χ2v) is 4.25. The molecule has 0 amide bonds. The summed E-state index contributed by atoms with van der Waals surface area (Å²) >= 11 is 0. The number of aromatic hydroxyl groups is 1. The van der Waals surface area contributed by atoms with E-state index in [1.54, 1.807) is 0 Å². The third-order valence-electron chi connectivity index (χ3n) is 2.97. The summed E-state index contributed by atoms with van der Waals surface area (Å²) < 4.78 is 13.6. The van der Waals surface area contributed by atoms with Crippen LogP contribution in [0.4, 0.5) is 4.39 Å². The van der Waals surface area contributed by atoms with Gasteiger partial charge in [0, 0.05) is 12.0 Å². The predicted molar refractivity (Wildman–Crippen MR) is 55.8 cm³/mol. The quantitative estimate of drug-likeness (QED) is 0.826. The Morgan fingerprint density at radius 1 is 1.50 bits per heavy atom. The highest BCUT2D eigenvalue weighted by molar-refractivity contribution is 5.68. The molecule has 16 heavy (non-hydrogen) atoms. The van der Waals surface area contributed by atoms with E-state index in [1.165, 1.54) is 12.1 Å². The van der Waals surface area contributed by atoms with Gasteiger partial charge in [0.25, 0.3) is 0 Å². The maximum Gasteiger partial charge on any atom is 0.303 e. The molecule has 86 valence electrons. The van der Waals surface area contributed by atoms with Crippen molar-refractivity contribution in [2.75, 3.05) is 0 Å². The summed E-state index contributed by atoms with van der Waals surface area (Å²) in [6, 6.07) is 3.92. The maximum atomic E-state index is 13.6. The largest absolute Gasteiger partial charge is 0.508 e. The Kier molecular flexibility index (Phi) is 2.81. The van der Waals surface area contributed by atoms with Gasteiger partial charge in [-0.25, -0.2) is 4.39 Å². The zero-order chi connectivity index (χ0) is 11.7. The Labute approximate surface area is 92.5 Å². The molecule has 0 aliphatic heterocycles. The molecule has 1 aliphatic carbocycles. The van der Waals surface area contributed by atoms with Gasteiger partial charge >= 0.3 is 5.97 Å². The van der Waals surface area contributed by atoms with Crippen LogP contribution in [0.2, 0.25) is 0 Å². The van der Waals surface area contributed by atoms with Gasteiger partial charge in [0.2, 0.25) is 0 Å². The van der Waals surface area contributed by atoms with Crippen molar-refractivity contribution in [2.24, 2.45) is 5.92 Å². The van der Waals surface area contributed by atoms with Crippen molar-refractivity contribution in [3.8, 4) is 5.75 Å². The second-order valence-electron chi connectivity index (χ2n) is 4.25. The molecule has 1 atom stereocenters. The summed E-state index contributed by atoms with van der Waals surface area (Å²) in [7, 11) is 0. The lowest BCUT2D eigenvalue weighted by Crippen LogP contribution is -2.10. The minimum absolute atomic E-state index is 0.0492. The normalized spacial score (nSPS) is 17.1. The van der Waals surface area contributed by atoms with E-state index in [0.29, 0.717) is 5.56 Å². The van der Waals surface area contributed by atoms with Crippen LogP contribution in [0.5, 0.6) is 5.75 Å². The van der Waals surface area contributed by atoms with Gasteiger partial charge in [0.05, 0.1) is 6.42 Å². The highest BCUT2D eigenvalue weighted by atomic mass is 19.1. The van der Waals surface area contributed by atoms with E-state index in [1.807, 2.05) is 0 Å². The maximum absolute atomic E-state index is 13.6. The molecular weight excluding hydrogens is 211 g/mol. The molecule has 2 N–H and O–H groups in total. The average Bonchev–Trinajstić information content (AvgIpc) is 2.97. The number of rotatable bonds is 4. The first-order chi connectivity index (χ1) is 7.58. The fraction of sp³-hybridized carbons (Fsp3) is 0.417. The fourth-order valence-electron chi connectivity index (χ4n) is 2.03. The molecule has 2 rings (SSSR count). The number of phenolic OH excluding ortho intramolecular Hbond substituents is 1. The summed E-state index contributed by atoms with van der Waals surface area (Å²) in [5.41, 5.74) is 0.405. The topological polar surface area (TPSA) is 57.5 Å². The lowest BCUT2D eigenvalue weighted by molar-refractivity contribution is -0.137.